The molecule has 0 spiro atoms. The number of halogens is 6. The maximum Gasteiger partial charge on any atom is 0.433 e. The molecule has 0 atom stereocenters. The minimum Gasteiger partial charge on any atom is -0.443 e. The van der Waals surface area contributed by atoms with Crippen LogP contribution >= 0.6 is 0 Å². The molecule has 3 heterocycles. The molecule has 0 radical (unpaired) electrons. The van der Waals surface area contributed by atoms with Crippen LogP contribution in [0, 0.1) is 0 Å². The Hall–Kier alpha value is -3.90. The van der Waals surface area contributed by atoms with E-state index in [4.69, 9.17) is 4.42 Å². The molecular formula is C19H11F6N5O2. The number of amides is 1. The number of nitrogens with one attached hydrogen (secondary N) is 1. The molecule has 0 bridgehead atoms. The average molecular weight is 455 g/mol. The zero-order valence-corrected chi connectivity index (χ0v) is 15.9. The first kappa shape index (κ1) is 21.3. The Morgan fingerprint density at radius 2 is 1.81 bits per heavy atom. The second kappa shape index (κ2) is 7.35. The van der Waals surface area contributed by atoms with E-state index < -0.39 is 46.6 Å². The van der Waals surface area contributed by atoms with Crippen LogP contribution in [-0.2, 0) is 19.4 Å². The first-order valence-electron chi connectivity index (χ1n) is 8.78. The minimum atomic E-state index is -4.97. The number of aryl methyl sites for hydroxylation is 1. The van der Waals surface area contributed by atoms with Crippen molar-refractivity contribution in [1.29, 1.82) is 0 Å². The Labute approximate surface area is 174 Å². The van der Waals surface area contributed by atoms with Gasteiger partial charge in [-0.1, -0.05) is 6.07 Å². The molecule has 1 aromatic carbocycles. The molecule has 166 valence electrons. The molecule has 3 aromatic heterocycles. The fraction of sp³-hybridized carbons (Fsp3) is 0.158. The molecule has 1 N–H and O–H groups in total. The van der Waals surface area contributed by atoms with E-state index in [0.717, 1.165) is 30.4 Å². The molecule has 1 amide bonds. The van der Waals surface area contributed by atoms with Gasteiger partial charge in [-0.05, 0) is 24.3 Å². The van der Waals surface area contributed by atoms with Crippen LogP contribution in [0.3, 0.4) is 0 Å². The number of hydrogen-bond donors (Lipinski definition) is 1. The van der Waals surface area contributed by atoms with Crippen LogP contribution < -0.4 is 5.32 Å². The maximum absolute atomic E-state index is 14.0. The number of para-hydroxylation sites is 1. The molecule has 4 aromatic rings. The van der Waals surface area contributed by atoms with Gasteiger partial charge >= 0.3 is 12.4 Å². The molecule has 0 saturated carbocycles. The standard InChI is InChI=1S/C19H11F6N5O2/c1-30-16(28-17(31)9-5-6-26-12(7-9)18(20,21)22)13(19(23,24)25)14(29-30)10-3-2-4-11-15(10)32-8-27-11/h2-8H,1H3,(H,28,31). The van der Waals surface area contributed by atoms with Gasteiger partial charge in [-0.15, -0.1) is 0 Å². The highest BCUT2D eigenvalue weighted by atomic mass is 19.4. The van der Waals surface area contributed by atoms with Crippen LogP contribution in [0.15, 0.2) is 47.3 Å². The first-order chi connectivity index (χ1) is 15.0. The zero-order valence-electron chi connectivity index (χ0n) is 15.9. The minimum absolute atomic E-state index is 0.0216. The number of carbonyl (C=O) groups is 1. The monoisotopic (exact) mass is 455 g/mol. The summed E-state index contributed by atoms with van der Waals surface area (Å²) in [5, 5.41) is 5.89. The predicted molar refractivity (Wildman–Crippen MR) is 98.4 cm³/mol. The van der Waals surface area contributed by atoms with Crippen molar-refractivity contribution in [3.8, 4) is 11.3 Å². The van der Waals surface area contributed by atoms with Crippen LogP contribution in [0.1, 0.15) is 21.6 Å². The van der Waals surface area contributed by atoms with E-state index in [2.05, 4.69) is 15.1 Å². The molecule has 0 fully saturated rings. The van der Waals surface area contributed by atoms with Crippen molar-refractivity contribution in [1.82, 2.24) is 19.7 Å². The summed E-state index contributed by atoms with van der Waals surface area (Å²) in [4.78, 5) is 19.5. The summed E-state index contributed by atoms with van der Waals surface area (Å²) in [6.45, 7) is 0. The summed E-state index contributed by atoms with van der Waals surface area (Å²) in [5.74, 6) is -1.95. The van der Waals surface area contributed by atoms with Crippen molar-refractivity contribution >= 4 is 22.8 Å². The van der Waals surface area contributed by atoms with E-state index in [1.807, 2.05) is 5.32 Å². The van der Waals surface area contributed by atoms with Gasteiger partial charge in [0.25, 0.3) is 5.91 Å². The number of fused-ring (bicyclic) bond motifs is 1. The SMILES string of the molecule is Cn1nc(-c2cccc3ncoc23)c(C(F)(F)F)c1NC(=O)c1ccnc(C(F)(F)F)c1. The summed E-state index contributed by atoms with van der Waals surface area (Å²) in [7, 11) is 1.16. The average Bonchev–Trinajstić information content (AvgIpc) is 3.31. The van der Waals surface area contributed by atoms with E-state index in [1.165, 1.54) is 18.2 Å². The number of hydrogen-bond acceptors (Lipinski definition) is 5. The van der Waals surface area contributed by atoms with Crippen LogP contribution in [-0.4, -0.2) is 25.7 Å². The number of carbonyl (C=O) groups excluding carboxylic acids is 1. The van der Waals surface area contributed by atoms with Crippen molar-refractivity contribution in [2.75, 3.05) is 5.32 Å². The Kier molecular flexibility index (Phi) is 4.90. The summed E-state index contributed by atoms with van der Waals surface area (Å²) in [5.41, 5.74) is -3.39. The third kappa shape index (κ3) is 3.76. The number of oxazole rings is 1. The first-order valence-corrected chi connectivity index (χ1v) is 8.78. The van der Waals surface area contributed by atoms with E-state index in [-0.39, 0.29) is 11.1 Å². The van der Waals surface area contributed by atoms with Crippen molar-refractivity contribution in [2.45, 2.75) is 12.4 Å². The van der Waals surface area contributed by atoms with Crippen molar-refractivity contribution in [2.24, 2.45) is 7.05 Å². The highest BCUT2D eigenvalue weighted by molar-refractivity contribution is 6.05. The lowest BCUT2D eigenvalue weighted by molar-refractivity contribution is -0.141. The van der Waals surface area contributed by atoms with E-state index in [0.29, 0.717) is 11.6 Å². The van der Waals surface area contributed by atoms with E-state index in [1.54, 1.807) is 0 Å². The highest BCUT2D eigenvalue weighted by Gasteiger charge is 2.41. The van der Waals surface area contributed by atoms with E-state index in [9.17, 15) is 31.1 Å². The molecule has 13 heteroatoms. The number of alkyl halides is 6. The Balaban J connectivity index is 1.81. The number of pyridine rings is 1. The van der Waals surface area contributed by atoms with Gasteiger partial charge in [-0.2, -0.15) is 31.4 Å². The van der Waals surface area contributed by atoms with Crippen LogP contribution in [0.4, 0.5) is 32.2 Å². The quantitative estimate of drug-likeness (QED) is 0.444. The van der Waals surface area contributed by atoms with Gasteiger partial charge in [0.2, 0.25) is 0 Å². The maximum atomic E-state index is 14.0. The second-order valence-electron chi connectivity index (χ2n) is 6.58. The van der Waals surface area contributed by atoms with Gasteiger partial charge in [0.1, 0.15) is 28.3 Å². The lowest BCUT2D eigenvalue weighted by atomic mass is 10.1. The summed E-state index contributed by atoms with van der Waals surface area (Å²) < 4.78 is 86.5. The highest BCUT2D eigenvalue weighted by Crippen LogP contribution is 2.43. The fourth-order valence-electron chi connectivity index (χ4n) is 3.10. The largest absolute Gasteiger partial charge is 0.443 e. The molecule has 32 heavy (non-hydrogen) atoms. The third-order valence-electron chi connectivity index (χ3n) is 4.49. The number of benzene rings is 1. The van der Waals surface area contributed by atoms with Gasteiger partial charge in [0, 0.05) is 24.4 Å². The predicted octanol–water partition coefficient (Wildman–Crippen LogP) is 4.91. The van der Waals surface area contributed by atoms with Crippen molar-refractivity contribution in [3.63, 3.8) is 0 Å². The lowest BCUT2D eigenvalue weighted by Crippen LogP contribution is -2.19. The molecule has 7 nitrogen and oxygen atoms in total. The lowest BCUT2D eigenvalue weighted by Gasteiger charge is -2.12. The smallest absolute Gasteiger partial charge is 0.433 e. The fourth-order valence-corrected chi connectivity index (χ4v) is 3.10. The van der Waals surface area contributed by atoms with E-state index >= 15 is 0 Å². The Morgan fingerprint density at radius 1 is 1.06 bits per heavy atom. The molecular weight excluding hydrogens is 444 g/mol. The Bertz CT molecular complexity index is 1320. The van der Waals surface area contributed by atoms with Crippen LogP contribution in [0.25, 0.3) is 22.4 Å². The molecule has 4 rings (SSSR count). The van der Waals surface area contributed by atoms with Crippen molar-refractivity contribution in [3.05, 3.63) is 59.7 Å². The molecule has 0 aliphatic heterocycles. The summed E-state index contributed by atoms with van der Waals surface area (Å²) in [6.07, 6.45) is -8.00. The normalized spacial score (nSPS) is 12.3. The third-order valence-corrected chi connectivity index (χ3v) is 4.49. The number of rotatable bonds is 3. The van der Waals surface area contributed by atoms with Crippen LogP contribution in [0.2, 0.25) is 0 Å². The summed E-state index contributed by atoms with van der Waals surface area (Å²) in [6, 6.07) is 5.72. The van der Waals surface area contributed by atoms with Gasteiger partial charge in [-0.25, -0.2) is 4.98 Å². The molecule has 0 aliphatic rings. The van der Waals surface area contributed by atoms with Crippen LogP contribution in [0.5, 0.6) is 0 Å². The van der Waals surface area contributed by atoms with Gasteiger partial charge < -0.3 is 9.73 Å². The van der Waals surface area contributed by atoms with Crippen molar-refractivity contribution < 1.29 is 35.6 Å². The number of anilines is 1. The number of aromatic nitrogens is 4. The van der Waals surface area contributed by atoms with Gasteiger partial charge in [-0.3, -0.25) is 14.5 Å². The number of nitrogens with zero attached hydrogens (tertiary/aromatic N) is 4. The zero-order chi connectivity index (χ0) is 23.3. The molecule has 0 saturated heterocycles. The molecule has 0 aliphatic carbocycles. The summed E-state index contributed by atoms with van der Waals surface area (Å²) >= 11 is 0. The second-order valence-corrected chi connectivity index (χ2v) is 6.58. The topological polar surface area (TPSA) is 85.8 Å². The van der Waals surface area contributed by atoms with Gasteiger partial charge in [0.15, 0.2) is 12.0 Å². The van der Waals surface area contributed by atoms with Gasteiger partial charge in [0.05, 0.1) is 0 Å². The Morgan fingerprint density at radius 3 is 2.50 bits per heavy atom. The molecule has 0 unspecified atom stereocenters.